The Morgan fingerprint density at radius 1 is 0.953 bits per heavy atom. The molecule has 0 amide bonds. The van der Waals surface area contributed by atoms with Gasteiger partial charge >= 0.3 is 0 Å². The third kappa shape index (κ3) is 6.74. The van der Waals surface area contributed by atoms with E-state index >= 15 is 0 Å². The van der Waals surface area contributed by atoms with Gasteiger partial charge in [0, 0.05) is 55.4 Å². The highest BCUT2D eigenvalue weighted by Crippen LogP contribution is 2.28. The van der Waals surface area contributed by atoms with Crippen molar-refractivity contribution in [2.45, 2.75) is 42.0 Å². The molecule has 0 radical (unpaired) electrons. The first-order chi connectivity index (χ1) is 20.2. The van der Waals surface area contributed by atoms with Gasteiger partial charge in [-0.1, -0.05) is 0 Å². The number of nitrogens with zero attached hydrogens (tertiary/aromatic N) is 6. The summed E-state index contributed by atoms with van der Waals surface area (Å²) in [7, 11) is -3.84. The van der Waals surface area contributed by atoms with Crippen molar-refractivity contribution in [1.29, 1.82) is 0 Å². The SMILES string of the molecule is Cl.NC[C@@H]1C[C@H](O)CN1c1nc(Nc2ccc(S(=O)(=O)Nc3ccc4cn[nH]c4c3)cc2)nc(N2C[C@H](N)C[C@H](N)C2)n1. The molecule has 2 saturated heterocycles. The maximum Gasteiger partial charge on any atom is 0.261 e. The van der Waals surface area contributed by atoms with Crippen LogP contribution in [0, 0.1) is 0 Å². The molecule has 6 rings (SSSR count). The van der Waals surface area contributed by atoms with Crippen molar-refractivity contribution in [1.82, 2.24) is 25.1 Å². The monoisotopic (exact) mass is 630 g/mol. The summed E-state index contributed by atoms with van der Waals surface area (Å²) in [5.74, 6) is 1.03. The van der Waals surface area contributed by atoms with E-state index < -0.39 is 16.1 Å². The maximum absolute atomic E-state index is 13.0. The Morgan fingerprint density at radius 3 is 2.37 bits per heavy atom. The molecule has 0 bridgehead atoms. The molecular weight excluding hydrogens is 596 g/mol. The summed E-state index contributed by atoms with van der Waals surface area (Å²) in [6.45, 7) is 1.75. The minimum atomic E-state index is -3.84. The van der Waals surface area contributed by atoms with E-state index in [-0.39, 0.29) is 41.4 Å². The van der Waals surface area contributed by atoms with E-state index in [1.54, 1.807) is 36.5 Å². The summed E-state index contributed by atoms with van der Waals surface area (Å²) in [6.07, 6.45) is 2.34. The second-order valence-corrected chi connectivity index (χ2v) is 12.5. The van der Waals surface area contributed by atoms with E-state index in [1.165, 1.54) is 12.1 Å². The van der Waals surface area contributed by atoms with Gasteiger partial charge in [-0.2, -0.15) is 20.1 Å². The number of nitrogens with one attached hydrogen (secondary N) is 3. The van der Waals surface area contributed by atoms with Crippen LogP contribution in [0.2, 0.25) is 0 Å². The van der Waals surface area contributed by atoms with Crippen molar-refractivity contribution >= 4 is 62.6 Å². The molecule has 4 aromatic rings. The minimum absolute atomic E-state index is 0. The lowest BCUT2D eigenvalue weighted by Crippen LogP contribution is -2.53. The lowest BCUT2D eigenvalue weighted by molar-refractivity contribution is 0.194. The van der Waals surface area contributed by atoms with Crippen LogP contribution in [0.3, 0.4) is 0 Å². The predicted octanol–water partition coefficient (Wildman–Crippen LogP) is 0.477. The number of aliphatic hydroxyl groups is 1. The van der Waals surface area contributed by atoms with Gasteiger partial charge in [-0.15, -0.1) is 12.4 Å². The van der Waals surface area contributed by atoms with E-state index in [9.17, 15) is 13.5 Å². The van der Waals surface area contributed by atoms with E-state index in [0.717, 1.165) is 10.9 Å². The molecule has 4 atom stereocenters. The number of sulfonamides is 1. The van der Waals surface area contributed by atoms with Gasteiger partial charge in [0.15, 0.2) is 0 Å². The highest BCUT2D eigenvalue weighted by atomic mass is 35.5. The maximum atomic E-state index is 13.0. The summed E-state index contributed by atoms with van der Waals surface area (Å²) < 4.78 is 28.7. The first kappa shape index (κ1) is 30.7. The Bertz CT molecular complexity index is 1660. The Kier molecular flexibility index (Phi) is 8.86. The van der Waals surface area contributed by atoms with Crippen molar-refractivity contribution in [2.24, 2.45) is 17.2 Å². The zero-order chi connectivity index (χ0) is 29.4. The van der Waals surface area contributed by atoms with Crippen LogP contribution < -0.4 is 37.0 Å². The van der Waals surface area contributed by atoms with Crippen molar-refractivity contribution in [3.05, 3.63) is 48.7 Å². The number of nitrogens with two attached hydrogens (primary N) is 3. The molecule has 230 valence electrons. The molecule has 4 heterocycles. The number of fused-ring (bicyclic) bond motifs is 1. The van der Waals surface area contributed by atoms with E-state index in [2.05, 4.69) is 30.2 Å². The second kappa shape index (κ2) is 12.4. The minimum Gasteiger partial charge on any atom is -0.391 e. The van der Waals surface area contributed by atoms with Gasteiger partial charge in [-0.05, 0) is 55.3 Å². The zero-order valence-corrected chi connectivity index (χ0v) is 24.8. The molecule has 0 aliphatic carbocycles. The van der Waals surface area contributed by atoms with Crippen LogP contribution in [-0.4, -0.2) is 89.1 Å². The topological polar surface area (TPSA) is 230 Å². The number of aliphatic hydroxyl groups excluding tert-OH is 1. The van der Waals surface area contributed by atoms with Crippen molar-refractivity contribution < 1.29 is 13.5 Å². The second-order valence-electron chi connectivity index (χ2n) is 10.8. The average molecular weight is 631 g/mol. The van der Waals surface area contributed by atoms with E-state index in [0.29, 0.717) is 62.3 Å². The van der Waals surface area contributed by atoms with Crippen LogP contribution in [-0.2, 0) is 10.0 Å². The van der Waals surface area contributed by atoms with Gasteiger partial charge in [0.25, 0.3) is 10.0 Å². The largest absolute Gasteiger partial charge is 0.391 e. The highest BCUT2D eigenvalue weighted by molar-refractivity contribution is 7.92. The lowest BCUT2D eigenvalue weighted by atomic mass is 10.0. The fourth-order valence-corrected chi connectivity index (χ4v) is 6.49. The number of β-amino-alcohol motifs (C(OH)–C–C–N with tert-alkyl or cyclic N) is 1. The highest BCUT2D eigenvalue weighted by Gasteiger charge is 2.33. The molecule has 2 aliphatic heterocycles. The number of piperidine rings is 1. The molecular formula is C26H35ClN12O3S. The molecule has 0 saturated carbocycles. The normalized spacial score (nSPS) is 22.4. The molecule has 17 heteroatoms. The van der Waals surface area contributed by atoms with Gasteiger partial charge in [0.1, 0.15) is 0 Å². The van der Waals surface area contributed by atoms with Crippen molar-refractivity contribution in [3.8, 4) is 0 Å². The quantitative estimate of drug-likeness (QED) is 0.141. The van der Waals surface area contributed by atoms with Crippen molar-refractivity contribution in [2.75, 3.05) is 46.0 Å². The Balaban J connectivity index is 0.00000368. The predicted molar refractivity (Wildman–Crippen MR) is 167 cm³/mol. The number of hydrogen-bond donors (Lipinski definition) is 7. The fraction of sp³-hybridized carbons (Fsp3) is 0.385. The third-order valence-electron chi connectivity index (χ3n) is 7.45. The first-order valence-corrected chi connectivity index (χ1v) is 15.1. The van der Waals surface area contributed by atoms with Crippen LogP contribution in [0.25, 0.3) is 10.9 Å². The van der Waals surface area contributed by atoms with Crippen molar-refractivity contribution in [3.63, 3.8) is 0 Å². The Labute approximate surface area is 254 Å². The van der Waals surface area contributed by atoms with Crippen LogP contribution in [0.4, 0.5) is 29.2 Å². The molecule has 10 N–H and O–H groups in total. The van der Waals surface area contributed by atoms with Gasteiger partial charge in [-0.3, -0.25) is 9.82 Å². The van der Waals surface area contributed by atoms with Crippen LogP contribution in [0.5, 0.6) is 0 Å². The van der Waals surface area contributed by atoms with E-state index in [1.807, 2.05) is 9.80 Å². The summed E-state index contributed by atoms with van der Waals surface area (Å²) in [4.78, 5) is 17.9. The molecule has 2 fully saturated rings. The molecule has 43 heavy (non-hydrogen) atoms. The standard InChI is InChI=1S/C26H34N12O3S.ClH/c27-10-20-9-21(39)14-38(20)26-33-24(32-25(34-26)37-12-16(28)7-17(29)13-37)31-18-3-5-22(6-4-18)42(40,41)36-19-2-1-15-11-30-35-23(15)8-19;/h1-6,8,11,16-17,20-21,36,39H,7,9-10,12-14,27-29H2,(H,30,35)(H,31,32,33,34);1H/t16-,17+,20-,21-;/m0./s1. The number of aromatic nitrogens is 5. The van der Waals surface area contributed by atoms with E-state index in [4.69, 9.17) is 22.2 Å². The molecule has 15 nitrogen and oxygen atoms in total. The van der Waals surface area contributed by atoms with Gasteiger partial charge in [-0.25, -0.2) is 8.42 Å². The molecule has 2 aromatic heterocycles. The smallest absolute Gasteiger partial charge is 0.261 e. The molecule has 2 aliphatic rings. The number of anilines is 5. The van der Waals surface area contributed by atoms with Gasteiger partial charge < -0.3 is 37.4 Å². The van der Waals surface area contributed by atoms with Crippen LogP contribution in [0.15, 0.2) is 53.6 Å². The Morgan fingerprint density at radius 2 is 1.65 bits per heavy atom. The molecule has 0 unspecified atom stereocenters. The van der Waals surface area contributed by atoms with Crippen LogP contribution in [0.1, 0.15) is 12.8 Å². The molecule has 2 aromatic carbocycles. The first-order valence-electron chi connectivity index (χ1n) is 13.7. The molecule has 0 spiro atoms. The summed E-state index contributed by atoms with van der Waals surface area (Å²) >= 11 is 0. The number of aromatic amines is 1. The summed E-state index contributed by atoms with van der Waals surface area (Å²) in [6, 6.07) is 11.0. The van der Waals surface area contributed by atoms with Gasteiger partial charge in [0.05, 0.1) is 28.4 Å². The average Bonchev–Trinajstić information content (AvgIpc) is 3.58. The number of halogens is 1. The zero-order valence-electron chi connectivity index (χ0n) is 23.2. The summed E-state index contributed by atoms with van der Waals surface area (Å²) in [5.41, 5.74) is 20.1. The number of benzene rings is 2. The lowest BCUT2D eigenvalue weighted by Gasteiger charge is -2.35. The van der Waals surface area contributed by atoms with Gasteiger partial charge in [0.2, 0.25) is 17.8 Å². The third-order valence-corrected chi connectivity index (χ3v) is 8.84. The number of H-pyrrole nitrogens is 1. The number of hydrogen-bond acceptors (Lipinski definition) is 13. The van der Waals surface area contributed by atoms with Crippen LogP contribution >= 0.6 is 12.4 Å². The number of rotatable bonds is 8. The fourth-order valence-electron chi connectivity index (χ4n) is 5.44. The summed E-state index contributed by atoms with van der Waals surface area (Å²) in [5, 5.41) is 21.1. The Hall–Kier alpha value is -3.80.